The molecule has 3 aromatic rings. The molecule has 3 heterocycles. The maximum absolute atomic E-state index is 15.0. The molecule has 0 aliphatic carbocycles. The summed E-state index contributed by atoms with van der Waals surface area (Å²) >= 11 is 0. The van der Waals surface area contributed by atoms with Crippen molar-refractivity contribution >= 4 is 5.91 Å². The van der Waals surface area contributed by atoms with E-state index in [1.807, 2.05) is 0 Å². The fourth-order valence-electron chi connectivity index (χ4n) is 4.26. The molecule has 186 valence electrons. The van der Waals surface area contributed by atoms with Gasteiger partial charge in [0.2, 0.25) is 5.91 Å². The lowest BCUT2D eigenvalue weighted by atomic mass is 9.83. The Morgan fingerprint density at radius 3 is 2.58 bits per heavy atom. The molecule has 0 saturated carbocycles. The van der Waals surface area contributed by atoms with Gasteiger partial charge in [-0.15, -0.1) is 0 Å². The van der Waals surface area contributed by atoms with Gasteiger partial charge < -0.3 is 15.5 Å². The molecule has 0 radical (unpaired) electrons. The van der Waals surface area contributed by atoms with Gasteiger partial charge in [0.1, 0.15) is 34.5 Å². The molecular formula is C25H22F3N5O3. The van der Waals surface area contributed by atoms with Crippen molar-refractivity contribution in [1.29, 1.82) is 5.26 Å². The quantitative estimate of drug-likeness (QED) is 0.538. The summed E-state index contributed by atoms with van der Waals surface area (Å²) in [6.07, 6.45) is 1.94. The van der Waals surface area contributed by atoms with Gasteiger partial charge in [-0.3, -0.25) is 19.5 Å². The number of alkyl halides is 2. The summed E-state index contributed by atoms with van der Waals surface area (Å²) < 4.78 is 48.7. The molecule has 1 unspecified atom stereocenters. The normalized spacial score (nSPS) is 19.1. The lowest BCUT2D eigenvalue weighted by Crippen LogP contribution is -2.59. The van der Waals surface area contributed by atoms with Crippen LogP contribution in [0.3, 0.4) is 0 Å². The number of carbonyl (C=O) groups excluding carboxylic acids is 1. The van der Waals surface area contributed by atoms with Crippen molar-refractivity contribution < 1.29 is 22.7 Å². The fraction of sp³-hybridized carbons (Fsp3) is 0.280. The lowest BCUT2D eigenvalue weighted by Gasteiger charge is -2.46. The van der Waals surface area contributed by atoms with Gasteiger partial charge in [0.25, 0.3) is 11.5 Å². The second kappa shape index (κ2) is 9.47. The molecule has 3 N–H and O–H groups in total. The van der Waals surface area contributed by atoms with Crippen molar-refractivity contribution in [2.24, 2.45) is 5.73 Å². The fourth-order valence-corrected chi connectivity index (χ4v) is 4.26. The van der Waals surface area contributed by atoms with E-state index >= 15 is 0 Å². The summed E-state index contributed by atoms with van der Waals surface area (Å²) in [5.41, 5.74) is 3.57. The van der Waals surface area contributed by atoms with Crippen LogP contribution in [0.2, 0.25) is 0 Å². The van der Waals surface area contributed by atoms with Crippen LogP contribution in [0.15, 0.2) is 59.7 Å². The van der Waals surface area contributed by atoms with E-state index in [2.05, 4.69) is 9.97 Å². The Balaban J connectivity index is 1.63. The van der Waals surface area contributed by atoms with Crippen LogP contribution in [-0.2, 0) is 10.3 Å². The Hall–Kier alpha value is -4.17. The number of rotatable bonds is 6. The second-order valence-electron chi connectivity index (χ2n) is 8.67. The Kier molecular flexibility index (Phi) is 6.56. The summed E-state index contributed by atoms with van der Waals surface area (Å²) in [6.45, 7) is 1.08. The van der Waals surface area contributed by atoms with Gasteiger partial charge in [-0.1, -0.05) is 0 Å². The number of amides is 1. The zero-order valence-corrected chi connectivity index (χ0v) is 19.2. The average Bonchev–Trinajstić information content (AvgIpc) is 2.85. The van der Waals surface area contributed by atoms with E-state index in [1.54, 1.807) is 12.1 Å². The molecule has 2 atom stereocenters. The first-order valence-electron chi connectivity index (χ1n) is 11.0. The number of pyridine rings is 2. The van der Waals surface area contributed by atoms with Gasteiger partial charge in [-0.05, 0) is 55.0 Å². The number of likely N-dealkylation sites (tertiary alicyclic amines) is 1. The number of nitrogens with zero attached hydrogens (tertiary/aromatic N) is 3. The molecule has 8 nitrogen and oxygen atoms in total. The van der Waals surface area contributed by atoms with E-state index in [0.29, 0.717) is 11.5 Å². The van der Waals surface area contributed by atoms with Crippen LogP contribution in [0, 0.1) is 17.1 Å². The zero-order chi connectivity index (χ0) is 26.1. The maximum Gasteiger partial charge on any atom is 0.265 e. The van der Waals surface area contributed by atoms with Crippen molar-refractivity contribution in [2.45, 2.75) is 30.7 Å². The van der Waals surface area contributed by atoms with Crippen molar-refractivity contribution in [1.82, 2.24) is 14.9 Å². The van der Waals surface area contributed by atoms with Gasteiger partial charge in [0, 0.05) is 25.7 Å². The topological polar surface area (TPSA) is 125 Å². The lowest BCUT2D eigenvalue weighted by molar-refractivity contribution is -0.139. The summed E-state index contributed by atoms with van der Waals surface area (Å²) in [5.74, 6) is -5.07. The number of nitrogens with two attached hydrogens (primary N) is 1. The predicted molar refractivity (Wildman–Crippen MR) is 123 cm³/mol. The molecule has 2 aromatic heterocycles. The van der Waals surface area contributed by atoms with Gasteiger partial charge in [0.15, 0.2) is 0 Å². The molecule has 0 bridgehead atoms. The first-order valence-corrected chi connectivity index (χ1v) is 11.0. The number of H-pyrrole nitrogens is 1. The number of piperidine rings is 1. The van der Waals surface area contributed by atoms with Crippen molar-refractivity contribution in [3.63, 3.8) is 0 Å². The Morgan fingerprint density at radius 2 is 1.97 bits per heavy atom. The minimum Gasteiger partial charge on any atom is -0.456 e. The number of halogens is 3. The van der Waals surface area contributed by atoms with Gasteiger partial charge in [-0.2, -0.15) is 5.26 Å². The number of benzene rings is 1. The zero-order valence-electron chi connectivity index (χ0n) is 19.2. The van der Waals surface area contributed by atoms with Crippen molar-refractivity contribution in [2.75, 3.05) is 13.1 Å². The van der Waals surface area contributed by atoms with Crippen LogP contribution < -0.4 is 16.0 Å². The molecule has 11 heteroatoms. The highest BCUT2D eigenvalue weighted by Gasteiger charge is 2.51. The minimum absolute atomic E-state index is 0.0728. The number of aromatic nitrogens is 2. The molecule has 1 aromatic carbocycles. The number of nitriles is 1. The smallest absolute Gasteiger partial charge is 0.265 e. The van der Waals surface area contributed by atoms with E-state index in [9.17, 15) is 22.8 Å². The number of primary amides is 1. The molecule has 1 aliphatic heterocycles. The Morgan fingerprint density at radius 1 is 1.28 bits per heavy atom. The summed E-state index contributed by atoms with van der Waals surface area (Å²) in [6, 6.07) is 11.3. The third kappa shape index (κ3) is 4.67. The third-order valence-electron chi connectivity index (χ3n) is 6.47. The molecular weight excluding hydrogens is 475 g/mol. The number of carbonyl (C=O) groups is 1. The number of aromatic amines is 1. The summed E-state index contributed by atoms with van der Waals surface area (Å²) in [4.78, 5) is 32.6. The predicted octanol–water partition coefficient (Wildman–Crippen LogP) is 3.40. The van der Waals surface area contributed by atoms with Crippen molar-refractivity contribution in [3.8, 4) is 17.6 Å². The number of hydrogen-bond acceptors (Lipinski definition) is 6. The van der Waals surface area contributed by atoms with Crippen LogP contribution in [-0.4, -0.2) is 39.8 Å². The molecule has 1 amide bonds. The van der Waals surface area contributed by atoms with E-state index in [-0.39, 0.29) is 29.9 Å². The van der Waals surface area contributed by atoms with E-state index < -0.39 is 41.1 Å². The SMILES string of the molecule is C[C@@](C(N)=O)(c1ccc(Oc2ccc(F)cc2)cn1)N1CCC(F)(F)C(c2c[nH]c(=O)c(C#N)c2)C1. The highest BCUT2D eigenvalue weighted by Crippen LogP contribution is 2.43. The minimum atomic E-state index is -3.15. The van der Waals surface area contributed by atoms with Crippen LogP contribution in [0.25, 0.3) is 0 Å². The molecule has 1 fully saturated rings. The number of ether oxygens (including phenoxy) is 1. The monoisotopic (exact) mass is 497 g/mol. The first kappa shape index (κ1) is 24.9. The van der Waals surface area contributed by atoms with E-state index in [0.717, 1.165) is 12.3 Å². The largest absolute Gasteiger partial charge is 0.456 e. The Bertz CT molecular complexity index is 1370. The molecule has 1 aliphatic rings. The number of hydrogen-bond donors (Lipinski definition) is 2. The third-order valence-corrected chi connectivity index (χ3v) is 6.47. The molecule has 36 heavy (non-hydrogen) atoms. The van der Waals surface area contributed by atoms with E-state index in [1.165, 1.54) is 48.4 Å². The van der Waals surface area contributed by atoms with Crippen LogP contribution in [0.1, 0.15) is 36.1 Å². The second-order valence-corrected chi connectivity index (χ2v) is 8.67. The highest BCUT2D eigenvalue weighted by molar-refractivity contribution is 5.85. The molecule has 0 spiro atoms. The van der Waals surface area contributed by atoms with Gasteiger partial charge in [-0.25, -0.2) is 13.2 Å². The van der Waals surface area contributed by atoms with Crippen LogP contribution in [0.5, 0.6) is 11.5 Å². The Labute approximate surface area is 204 Å². The summed E-state index contributed by atoms with van der Waals surface area (Å²) in [5, 5.41) is 9.14. The van der Waals surface area contributed by atoms with Crippen molar-refractivity contribution in [3.05, 3.63) is 87.9 Å². The van der Waals surface area contributed by atoms with Gasteiger partial charge in [0.05, 0.1) is 17.8 Å². The van der Waals surface area contributed by atoms with Crippen LogP contribution in [0.4, 0.5) is 13.2 Å². The van der Waals surface area contributed by atoms with Crippen LogP contribution >= 0.6 is 0 Å². The maximum atomic E-state index is 15.0. The first-order chi connectivity index (χ1) is 17.0. The summed E-state index contributed by atoms with van der Waals surface area (Å²) in [7, 11) is 0. The van der Waals surface area contributed by atoms with Gasteiger partial charge >= 0.3 is 0 Å². The highest BCUT2D eigenvalue weighted by atomic mass is 19.3. The standard InChI is InChI=1S/C25H22F3N5O3/c1-24(23(30)35,21-7-6-19(13-31-21)36-18-4-2-17(26)3-5-18)33-9-8-25(27,28)20(14-33)16-10-15(11-29)22(34)32-12-16/h2-7,10,12-13,20H,8-9,14H2,1H3,(H2,30,35)(H,32,34)/t20?,24-/m0/s1. The average molecular weight is 497 g/mol. The van der Waals surface area contributed by atoms with E-state index in [4.69, 9.17) is 15.7 Å². The number of nitrogens with one attached hydrogen (secondary N) is 1. The molecule has 1 saturated heterocycles. The molecule has 4 rings (SSSR count).